The first-order valence-corrected chi connectivity index (χ1v) is 14.2. The van der Waals surface area contributed by atoms with Crippen LogP contribution in [0, 0.1) is 0 Å². The van der Waals surface area contributed by atoms with Crippen LogP contribution < -0.4 is 9.47 Å². The maximum absolute atomic E-state index is 12.8. The summed E-state index contributed by atoms with van der Waals surface area (Å²) in [5.74, 6) is 1.26. The topological polar surface area (TPSA) is 93.2 Å². The summed E-state index contributed by atoms with van der Waals surface area (Å²) in [4.78, 5) is 52.4. The summed E-state index contributed by atoms with van der Waals surface area (Å²) in [6.45, 7) is 1.74. The van der Waals surface area contributed by atoms with Crippen LogP contribution in [0.3, 0.4) is 0 Å². The van der Waals surface area contributed by atoms with Crippen molar-refractivity contribution in [3.05, 3.63) is 59.7 Å². The minimum absolute atomic E-state index is 0.134. The lowest BCUT2D eigenvalue weighted by Gasteiger charge is -2.30. The van der Waals surface area contributed by atoms with Crippen LogP contribution >= 0.6 is 0 Å². The van der Waals surface area contributed by atoms with E-state index in [0.29, 0.717) is 72.3 Å². The molecule has 0 aromatic heterocycles. The van der Waals surface area contributed by atoms with Gasteiger partial charge in [0.25, 0.3) is 0 Å². The Morgan fingerprint density at radius 2 is 0.929 bits per heavy atom. The Balaban J connectivity index is 1.81. The number of ether oxygens (including phenoxy) is 2. The van der Waals surface area contributed by atoms with Gasteiger partial charge in [0.2, 0.25) is 0 Å². The predicted octanol–water partition coefficient (Wildman–Crippen LogP) is 4.36. The van der Waals surface area contributed by atoms with E-state index >= 15 is 0 Å². The molecule has 0 fully saturated rings. The Morgan fingerprint density at radius 1 is 0.595 bits per heavy atom. The molecule has 0 radical (unpaired) electrons. The second-order valence-electron chi connectivity index (χ2n) is 12.5. The third kappa shape index (κ3) is 12.0. The number of amides is 2. The average Bonchev–Trinajstić information content (AvgIpc) is 2.87. The zero-order valence-electron chi connectivity index (χ0n) is 26.5. The molecule has 10 heteroatoms. The van der Waals surface area contributed by atoms with Crippen molar-refractivity contribution in [2.45, 2.75) is 38.8 Å². The number of carbonyl (C=O) groups excluding carboxylic acids is 4. The molecule has 230 valence electrons. The van der Waals surface area contributed by atoms with E-state index in [1.54, 1.807) is 40.3 Å². The minimum atomic E-state index is -0.448. The summed E-state index contributed by atoms with van der Waals surface area (Å²) in [7, 11) is 14.4. The summed E-state index contributed by atoms with van der Waals surface area (Å²) in [6, 6.07) is 14.7. The van der Waals surface area contributed by atoms with Gasteiger partial charge in [0.15, 0.2) is 11.6 Å². The van der Waals surface area contributed by atoms with Gasteiger partial charge < -0.3 is 28.2 Å². The lowest BCUT2D eigenvalue weighted by Crippen LogP contribution is -2.43. The number of benzene rings is 2. The number of carbonyl (C=O) groups is 4. The number of likely N-dealkylation sites (N-methyl/N-ethyl adjacent to an activating group) is 2. The summed E-state index contributed by atoms with van der Waals surface area (Å²) >= 11 is 0. The number of quaternary nitrogens is 2. The van der Waals surface area contributed by atoms with Gasteiger partial charge in [-0.25, -0.2) is 9.59 Å². The quantitative estimate of drug-likeness (QED) is 0.228. The molecule has 0 heterocycles. The number of hydrogen-bond donors (Lipinski definition) is 0. The van der Waals surface area contributed by atoms with Crippen LogP contribution in [0.25, 0.3) is 0 Å². The molecule has 10 nitrogen and oxygen atoms in total. The van der Waals surface area contributed by atoms with E-state index in [0.717, 1.165) is 11.1 Å². The average molecular weight is 585 g/mol. The van der Waals surface area contributed by atoms with Gasteiger partial charge in [0.1, 0.15) is 37.7 Å². The Labute approximate surface area is 250 Å². The minimum Gasteiger partial charge on any atom is -0.410 e. The zero-order valence-corrected chi connectivity index (χ0v) is 26.5. The van der Waals surface area contributed by atoms with Crippen LogP contribution in [0.5, 0.6) is 11.5 Å². The van der Waals surface area contributed by atoms with Crippen molar-refractivity contribution in [3.63, 3.8) is 0 Å². The van der Waals surface area contributed by atoms with E-state index in [9.17, 15) is 19.2 Å². The normalized spacial score (nSPS) is 11.5. The van der Waals surface area contributed by atoms with E-state index in [-0.39, 0.29) is 11.6 Å². The molecular formula is C32H48N4O6+2. The predicted molar refractivity (Wildman–Crippen MR) is 162 cm³/mol. The number of unbranched alkanes of at least 4 members (excludes halogenated alkanes) is 1. The summed E-state index contributed by atoms with van der Waals surface area (Å²) in [5, 5.41) is 0. The van der Waals surface area contributed by atoms with Gasteiger partial charge >= 0.3 is 12.2 Å². The van der Waals surface area contributed by atoms with Gasteiger partial charge in [0.05, 0.1) is 28.2 Å². The molecule has 0 spiro atoms. The van der Waals surface area contributed by atoms with Gasteiger partial charge in [0, 0.05) is 52.2 Å². The largest absolute Gasteiger partial charge is 0.414 e. The molecule has 0 saturated heterocycles. The van der Waals surface area contributed by atoms with Crippen LogP contribution in [0.1, 0.15) is 36.8 Å². The molecule has 2 rings (SSSR count). The fourth-order valence-electron chi connectivity index (χ4n) is 4.63. The first kappa shape index (κ1) is 34.4. The monoisotopic (exact) mass is 584 g/mol. The third-order valence-electron chi connectivity index (χ3n) is 6.64. The van der Waals surface area contributed by atoms with Gasteiger partial charge in [-0.2, -0.15) is 0 Å². The maximum Gasteiger partial charge on any atom is 0.414 e. The zero-order chi connectivity index (χ0) is 31.5. The summed E-state index contributed by atoms with van der Waals surface area (Å²) < 4.78 is 11.8. The molecule has 0 aliphatic carbocycles. The van der Waals surface area contributed by atoms with Crippen molar-refractivity contribution in [2.75, 3.05) is 69.5 Å². The van der Waals surface area contributed by atoms with E-state index in [1.807, 2.05) is 64.6 Å². The van der Waals surface area contributed by atoms with E-state index in [2.05, 4.69) is 0 Å². The molecule has 0 N–H and O–H groups in total. The molecule has 2 aromatic rings. The van der Waals surface area contributed by atoms with Crippen molar-refractivity contribution >= 4 is 23.8 Å². The highest BCUT2D eigenvalue weighted by atomic mass is 16.6. The lowest BCUT2D eigenvalue weighted by molar-refractivity contribution is -0.895. The van der Waals surface area contributed by atoms with Crippen LogP contribution in [0.2, 0.25) is 0 Å². The number of ketones is 2. The molecule has 0 unspecified atom stereocenters. The van der Waals surface area contributed by atoms with Crippen molar-refractivity contribution < 1.29 is 37.6 Å². The number of para-hydroxylation sites is 2. The molecule has 0 atom stereocenters. The second kappa shape index (κ2) is 15.5. The molecule has 0 saturated carbocycles. The second-order valence-corrected chi connectivity index (χ2v) is 12.5. The number of nitrogens with zero attached hydrogens (tertiary/aromatic N) is 4. The Kier molecular flexibility index (Phi) is 12.7. The number of Topliss-reactive ketones (excluding diaryl/α,β-unsaturated/α-hetero) is 2. The highest BCUT2D eigenvalue weighted by Gasteiger charge is 2.25. The van der Waals surface area contributed by atoms with Gasteiger partial charge in [-0.3, -0.25) is 9.59 Å². The fourth-order valence-corrected chi connectivity index (χ4v) is 4.63. The van der Waals surface area contributed by atoms with Gasteiger partial charge in [-0.15, -0.1) is 0 Å². The van der Waals surface area contributed by atoms with Gasteiger partial charge in [-0.1, -0.05) is 24.3 Å². The smallest absolute Gasteiger partial charge is 0.410 e. The lowest BCUT2D eigenvalue weighted by atomic mass is 10.1. The van der Waals surface area contributed by atoms with Crippen molar-refractivity contribution in [3.8, 4) is 11.5 Å². The highest BCUT2D eigenvalue weighted by Crippen LogP contribution is 2.24. The standard InChI is InChI=1S/C32H48N4O6/c1-33(2)31(39)41-29-19-13-9-15-25(29)21-35(5,6)23-27(37)17-11-12-18-28(38)24-36(7,8)22-26-16-10-14-20-30(26)42-32(40)34(3)4/h9-10,13-16,19-20H,11-12,17-18,21-24H2,1-8H3/q+2. The SMILES string of the molecule is CN(C)C(=O)Oc1ccccc1C[N+](C)(C)CC(=O)CCCCC(=O)C[N+](C)(C)Cc1ccccc1OC(=O)N(C)C. The molecule has 0 bridgehead atoms. The first-order chi connectivity index (χ1) is 19.6. The number of hydrogen-bond acceptors (Lipinski definition) is 6. The summed E-state index contributed by atoms with van der Waals surface area (Å²) in [6.07, 6.45) is 1.23. The van der Waals surface area contributed by atoms with Crippen molar-refractivity contribution in [2.24, 2.45) is 0 Å². The van der Waals surface area contributed by atoms with E-state index in [4.69, 9.17) is 9.47 Å². The Bertz CT molecular complexity index is 1140. The van der Waals surface area contributed by atoms with Crippen LogP contribution in [0.4, 0.5) is 9.59 Å². The van der Waals surface area contributed by atoms with Gasteiger partial charge in [-0.05, 0) is 37.1 Å². The van der Waals surface area contributed by atoms with E-state index < -0.39 is 12.2 Å². The summed E-state index contributed by atoms with van der Waals surface area (Å²) in [5.41, 5.74) is 1.71. The van der Waals surface area contributed by atoms with Crippen molar-refractivity contribution in [1.82, 2.24) is 9.80 Å². The maximum atomic E-state index is 12.8. The highest BCUT2D eigenvalue weighted by molar-refractivity contribution is 5.80. The Hall–Kier alpha value is -3.76. The van der Waals surface area contributed by atoms with Crippen molar-refractivity contribution in [1.29, 1.82) is 0 Å². The van der Waals surface area contributed by atoms with Crippen LogP contribution in [-0.4, -0.2) is 112 Å². The molecule has 0 aliphatic rings. The molecule has 2 amide bonds. The fraction of sp³-hybridized carbons (Fsp3) is 0.500. The first-order valence-electron chi connectivity index (χ1n) is 14.2. The van der Waals surface area contributed by atoms with Crippen LogP contribution in [0.15, 0.2) is 48.5 Å². The molecule has 0 aliphatic heterocycles. The third-order valence-corrected chi connectivity index (χ3v) is 6.64. The van der Waals surface area contributed by atoms with E-state index in [1.165, 1.54) is 9.80 Å². The number of rotatable bonds is 15. The van der Waals surface area contributed by atoms with Crippen LogP contribution in [-0.2, 0) is 22.7 Å². The molecular weight excluding hydrogens is 536 g/mol. The molecule has 2 aromatic carbocycles. The molecule has 42 heavy (non-hydrogen) atoms. The Morgan fingerprint density at radius 3 is 1.26 bits per heavy atom.